The summed E-state index contributed by atoms with van der Waals surface area (Å²) in [6, 6.07) is 40.9. The van der Waals surface area contributed by atoms with Gasteiger partial charge in [0.25, 0.3) is 0 Å². The quantitative estimate of drug-likeness (QED) is 0.105. The van der Waals surface area contributed by atoms with Crippen LogP contribution < -0.4 is 9.69 Å². The fraction of sp³-hybridized carbons (Fsp3) is 0. The van der Waals surface area contributed by atoms with Crippen molar-refractivity contribution in [1.82, 2.24) is 0 Å². The Labute approximate surface area is 227 Å². The van der Waals surface area contributed by atoms with Crippen molar-refractivity contribution in [1.29, 1.82) is 0 Å². The number of fused-ring (bicyclic) bond motifs is 1. The van der Waals surface area contributed by atoms with Crippen molar-refractivity contribution < 1.29 is 31.5 Å². The minimum Gasteiger partial charge on any atom is -0.418 e. The van der Waals surface area contributed by atoms with E-state index in [1.54, 1.807) is 28.9 Å². The number of halogens is 4. The Morgan fingerprint density at radius 2 is 0.800 bits per heavy atom. The smallest absolute Gasteiger partial charge is 0.418 e. The minimum atomic E-state index is -6.00. The van der Waals surface area contributed by atoms with E-state index in [1.165, 1.54) is 5.01 Å². The number of pyridine rings is 1. The van der Waals surface area contributed by atoms with E-state index >= 15 is 0 Å². The molecule has 0 atom stereocenters. The number of carbonyl (C=O) groups excluding carboxylic acids is 2. The van der Waals surface area contributed by atoms with E-state index in [4.69, 9.17) is 0 Å². The van der Waals surface area contributed by atoms with Gasteiger partial charge in [-0.25, -0.2) is 0 Å². The molecule has 2 heterocycles. The highest BCUT2D eigenvalue weighted by molar-refractivity contribution is 6.50. The van der Waals surface area contributed by atoms with E-state index < -0.39 is 7.25 Å². The first-order valence-electron chi connectivity index (χ1n) is 12.3. The second kappa shape index (κ2) is 11.0. The minimum absolute atomic E-state index is 0.336. The largest absolute Gasteiger partial charge is 0.673 e. The predicted molar refractivity (Wildman–Crippen MR) is 146 cm³/mol. The van der Waals surface area contributed by atoms with Crippen LogP contribution in [-0.4, -0.2) is 19.1 Å². The Kier molecular flexibility index (Phi) is 7.29. The van der Waals surface area contributed by atoms with Crippen molar-refractivity contribution in [2.45, 2.75) is 0 Å². The molecule has 0 saturated carbocycles. The van der Waals surface area contributed by atoms with E-state index in [0.29, 0.717) is 11.1 Å². The monoisotopic (exact) mass is 540 g/mol. The predicted octanol–water partition coefficient (Wildman–Crippen LogP) is 7.21. The number of nitrogens with zero attached hydrogens (tertiary/aromatic N) is 2. The first kappa shape index (κ1) is 26.6. The van der Waals surface area contributed by atoms with Gasteiger partial charge in [-0.2, -0.15) is 0 Å². The number of benzene rings is 4. The molecule has 0 bridgehead atoms. The fourth-order valence-electron chi connectivity index (χ4n) is 4.59. The number of imide groups is 1. The molecule has 5 aromatic rings. The van der Waals surface area contributed by atoms with Crippen LogP contribution in [0, 0.1) is 0 Å². The standard InChI is InChI=1S/C31H21N2O2.BF4/c34-30-26-18-10-11-19-27(26)31(35)33(30)32-28(23-14-6-2-7-15-23)20-25(22-12-4-1-5-13-22)21-29(32)24-16-8-3-9-17-24;2-1(3,4)5/h1-21H;/q+1;-1. The highest BCUT2D eigenvalue weighted by atomic mass is 19.5. The van der Waals surface area contributed by atoms with Gasteiger partial charge in [-0.15, -0.1) is 0 Å². The summed E-state index contributed by atoms with van der Waals surface area (Å²) in [6.45, 7) is 0. The summed E-state index contributed by atoms with van der Waals surface area (Å²) in [6.07, 6.45) is 0. The van der Waals surface area contributed by atoms with E-state index in [0.717, 1.165) is 33.6 Å². The molecule has 0 unspecified atom stereocenters. The van der Waals surface area contributed by atoms with Crippen molar-refractivity contribution in [2.24, 2.45) is 0 Å². The highest BCUT2D eigenvalue weighted by Crippen LogP contribution is 2.31. The van der Waals surface area contributed by atoms with Gasteiger partial charge in [-0.05, 0) is 52.5 Å². The third-order valence-corrected chi connectivity index (χ3v) is 6.26. The van der Waals surface area contributed by atoms with Crippen molar-refractivity contribution in [3.8, 4) is 33.6 Å². The first-order chi connectivity index (χ1) is 19.2. The summed E-state index contributed by atoms with van der Waals surface area (Å²) < 4.78 is 40.8. The molecule has 4 nitrogen and oxygen atoms in total. The van der Waals surface area contributed by atoms with E-state index in [2.05, 4.69) is 12.1 Å². The van der Waals surface area contributed by atoms with Gasteiger partial charge >= 0.3 is 19.1 Å². The Bertz CT molecular complexity index is 1580. The zero-order valence-corrected chi connectivity index (χ0v) is 20.9. The van der Waals surface area contributed by atoms with Crippen LogP contribution in [-0.2, 0) is 0 Å². The number of aromatic nitrogens is 1. The summed E-state index contributed by atoms with van der Waals surface area (Å²) in [5, 5.41) is 1.27. The zero-order valence-electron chi connectivity index (χ0n) is 20.9. The highest BCUT2D eigenvalue weighted by Gasteiger charge is 2.45. The van der Waals surface area contributed by atoms with Gasteiger partial charge in [0.05, 0.1) is 11.1 Å². The van der Waals surface area contributed by atoms with Gasteiger partial charge in [-0.3, -0.25) is 9.59 Å². The lowest BCUT2D eigenvalue weighted by Gasteiger charge is -2.16. The lowest BCUT2D eigenvalue weighted by Crippen LogP contribution is -2.63. The zero-order chi connectivity index (χ0) is 28.3. The maximum Gasteiger partial charge on any atom is 0.673 e. The molecule has 0 radical (unpaired) electrons. The molecule has 40 heavy (non-hydrogen) atoms. The molecular formula is C31H21BF4N2O2. The van der Waals surface area contributed by atoms with Crippen LogP contribution in [0.2, 0.25) is 0 Å². The number of rotatable bonds is 4. The summed E-state index contributed by atoms with van der Waals surface area (Å²) in [5.74, 6) is -0.671. The van der Waals surface area contributed by atoms with Gasteiger partial charge in [0.1, 0.15) is 0 Å². The number of hydrogen-bond donors (Lipinski definition) is 0. The summed E-state index contributed by atoms with van der Waals surface area (Å²) in [4.78, 5) is 27.2. The topological polar surface area (TPSA) is 41.3 Å². The second-order valence-electron chi connectivity index (χ2n) is 8.89. The molecule has 4 aromatic carbocycles. The first-order valence-corrected chi connectivity index (χ1v) is 12.3. The Hall–Kier alpha value is -5.05. The van der Waals surface area contributed by atoms with Crippen molar-refractivity contribution in [2.75, 3.05) is 5.01 Å². The van der Waals surface area contributed by atoms with Crippen molar-refractivity contribution >= 4 is 19.1 Å². The average molecular weight is 540 g/mol. The molecule has 198 valence electrons. The van der Waals surface area contributed by atoms with Crippen molar-refractivity contribution in [3.63, 3.8) is 0 Å². The van der Waals surface area contributed by atoms with Crippen LogP contribution in [0.1, 0.15) is 20.7 Å². The Balaban J connectivity index is 0.000000595. The van der Waals surface area contributed by atoms with E-state index in [9.17, 15) is 26.9 Å². The van der Waals surface area contributed by atoms with Crippen LogP contribution in [0.4, 0.5) is 17.3 Å². The van der Waals surface area contributed by atoms with E-state index in [1.807, 2.05) is 91.0 Å². The van der Waals surface area contributed by atoms with Crippen LogP contribution in [0.3, 0.4) is 0 Å². The van der Waals surface area contributed by atoms with Crippen LogP contribution in [0.5, 0.6) is 0 Å². The van der Waals surface area contributed by atoms with E-state index in [-0.39, 0.29) is 11.8 Å². The molecule has 0 saturated heterocycles. The molecule has 9 heteroatoms. The van der Waals surface area contributed by atoms with Crippen molar-refractivity contribution in [3.05, 3.63) is 139 Å². The summed E-state index contributed by atoms with van der Waals surface area (Å²) in [7, 11) is -6.00. The van der Waals surface area contributed by atoms with Gasteiger partial charge < -0.3 is 17.3 Å². The van der Waals surface area contributed by atoms with Crippen LogP contribution in [0.25, 0.3) is 33.6 Å². The van der Waals surface area contributed by atoms with Gasteiger partial charge in [-0.1, -0.05) is 83.5 Å². The number of hydrogen-bond acceptors (Lipinski definition) is 2. The molecule has 0 aliphatic carbocycles. The average Bonchev–Trinajstić information content (AvgIpc) is 3.22. The third-order valence-electron chi connectivity index (χ3n) is 6.26. The number of carbonyl (C=O) groups is 2. The fourth-order valence-corrected chi connectivity index (χ4v) is 4.59. The Morgan fingerprint density at radius 1 is 0.475 bits per heavy atom. The van der Waals surface area contributed by atoms with Crippen LogP contribution in [0.15, 0.2) is 127 Å². The maximum atomic E-state index is 13.6. The van der Waals surface area contributed by atoms with Gasteiger partial charge in [0.15, 0.2) is 0 Å². The molecule has 0 spiro atoms. The number of amides is 2. The lowest BCUT2D eigenvalue weighted by atomic mass is 9.99. The molecule has 2 amide bonds. The second-order valence-corrected chi connectivity index (χ2v) is 8.89. The summed E-state index contributed by atoms with van der Waals surface area (Å²) >= 11 is 0. The maximum absolute atomic E-state index is 13.6. The molecular weight excluding hydrogens is 519 g/mol. The lowest BCUT2D eigenvalue weighted by molar-refractivity contribution is -0.649. The summed E-state index contributed by atoms with van der Waals surface area (Å²) in [5.41, 5.74) is 6.18. The molecule has 1 aromatic heterocycles. The third kappa shape index (κ3) is 5.54. The molecule has 0 fully saturated rings. The normalized spacial score (nSPS) is 12.6. The Morgan fingerprint density at radius 3 is 1.18 bits per heavy atom. The molecule has 1 aliphatic heterocycles. The van der Waals surface area contributed by atoms with Crippen LogP contribution >= 0.6 is 0 Å². The molecule has 6 rings (SSSR count). The molecule has 1 aliphatic rings. The van der Waals surface area contributed by atoms with Gasteiger partial charge in [0.2, 0.25) is 11.4 Å². The van der Waals surface area contributed by atoms with Gasteiger partial charge in [0, 0.05) is 23.3 Å². The SMILES string of the molecule is F[B-](F)(F)F.O=C1c2ccccc2C(=O)N1[n+]1c(-c2ccccc2)cc(-c2ccccc2)cc1-c1ccccc1. The molecule has 0 N–H and O–H groups in total.